The first-order chi connectivity index (χ1) is 42.1. The molecule has 36 heteroatoms. The second kappa shape index (κ2) is 40.2. The molecule has 0 aliphatic heterocycles. The summed E-state index contributed by atoms with van der Waals surface area (Å²) in [5, 5.41) is 0. The molecule has 1 aliphatic carbocycles. The molecule has 24 nitrogen and oxygen atoms in total. The van der Waals surface area contributed by atoms with Crippen LogP contribution < -0.4 is 206 Å². The fraction of sp³-hybridized carbons (Fsp3) is 0.400. The molecule has 0 fully saturated rings. The standard InChI is InChI=1S/C60H72O24S6.6Na/c1-7-13-79-55-37-19-39-27-50(86(64,65)66)29-41(56(39)80-14-8-2)21-43-31-52(88(70,71)72)33-45(58(43)82-16-10-4)23-47-35-54(90(76,77)78)36-48(60(47)84-18-12-6)24-46-34-53(89(73,74)75)32-44(59(46)83-17-11-5)22-42-30-51(87(67,68)69)28-40(57(42)81-15-9-3)20-38(55)26-49(25-37)85(61,62)63;;;;;;/h25-36H,7-24H2,1-6H3,(H,61,62,63)(H,64,65,66)(H,67,68,69)(H,70,71,72)(H,73,74,75)(H,76,77,78);;;;;;/q;6*+1/p-6. The zero-order chi connectivity index (χ0) is 66.3. The summed E-state index contributed by atoms with van der Waals surface area (Å²) >= 11 is 0. The number of fused-ring (bicyclic) bond motifs is 12. The van der Waals surface area contributed by atoms with E-state index < -0.39 is 129 Å². The topological polar surface area (TPSA) is 399 Å². The second-order valence-corrected chi connectivity index (χ2v) is 29.6. The molecule has 0 heterocycles. The second-order valence-electron chi connectivity index (χ2n) is 21.3. The minimum Gasteiger partial charge on any atom is -0.744 e. The molecule has 0 atom stereocenters. The predicted octanol–water partition coefficient (Wildman–Crippen LogP) is -10.3. The summed E-state index contributed by atoms with van der Waals surface area (Å²) in [6.07, 6.45) is -1.95. The third-order valence-corrected chi connectivity index (χ3v) is 18.9. The van der Waals surface area contributed by atoms with Crippen molar-refractivity contribution in [2.75, 3.05) is 39.6 Å². The number of hydrogen-bond acceptors (Lipinski definition) is 24. The third kappa shape index (κ3) is 24.9. The van der Waals surface area contributed by atoms with Crippen molar-refractivity contribution in [1.29, 1.82) is 0 Å². The van der Waals surface area contributed by atoms with Crippen molar-refractivity contribution < 1.29 is 284 Å². The molecule has 0 N–H and O–H groups in total. The summed E-state index contributed by atoms with van der Waals surface area (Å²) in [6.45, 7) is 9.61. The van der Waals surface area contributed by atoms with Gasteiger partial charge in [-0.15, -0.1) is 0 Å². The van der Waals surface area contributed by atoms with Gasteiger partial charge in [-0.25, -0.2) is 50.5 Å². The Morgan fingerprint density at radius 1 is 0.229 bits per heavy atom. The first kappa shape index (κ1) is 93.6. The van der Waals surface area contributed by atoms with Crippen LogP contribution in [0.3, 0.4) is 0 Å². The van der Waals surface area contributed by atoms with Gasteiger partial charge in [0.1, 0.15) is 95.2 Å². The van der Waals surface area contributed by atoms with Crippen molar-refractivity contribution in [3.05, 3.63) is 140 Å². The van der Waals surface area contributed by atoms with Gasteiger partial charge in [-0.05, 0) is 111 Å². The van der Waals surface area contributed by atoms with Crippen molar-refractivity contribution in [3.63, 3.8) is 0 Å². The van der Waals surface area contributed by atoms with E-state index in [1.165, 1.54) is 0 Å². The van der Waals surface area contributed by atoms with Crippen molar-refractivity contribution in [3.8, 4) is 34.5 Å². The largest absolute Gasteiger partial charge is 1.00 e. The van der Waals surface area contributed by atoms with Gasteiger partial charge in [0.2, 0.25) is 0 Å². The van der Waals surface area contributed by atoms with Gasteiger partial charge in [-0.3, -0.25) is 0 Å². The Balaban J connectivity index is 0.00000768. The normalized spacial score (nSPS) is 12.6. The van der Waals surface area contributed by atoms with Crippen molar-refractivity contribution in [1.82, 2.24) is 0 Å². The fourth-order valence-electron chi connectivity index (χ4n) is 10.3. The third-order valence-electron chi connectivity index (χ3n) is 14.0. The Morgan fingerprint density at radius 3 is 0.396 bits per heavy atom. The summed E-state index contributed by atoms with van der Waals surface area (Å²) in [4.78, 5) is -5.33. The quantitative estimate of drug-likeness (QED) is 0.0400. The molecule has 1 aliphatic rings. The van der Waals surface area contributed by atoms with E-state index in [2.05, 4.69) is 0 Å². The minimum atomic E-state index is -5.47. The summed E-state index contributed by atoms with van der Waals surface area (Å²) < 4.78 is 278. The van der Waals surface area contributed by atoms with Gasteiger partial charge in [0.25, 0.3) is 0 Å². The molecule has 12 bridgehead atoms. The monoisotopic (exact) mass is 1500 g/mol. The average Bonchev–Trinajstić information content (AvgIpc) is 0.775. The number of rotatable bonds is 24. The molecule has 0 radical (unpaired) electrons. The minimum absolute atomic E-state index is 0. The van der Waals surface area contributed by atoms with Gasteiger partial charge < -0.3 is 55.7 Å². The molecular weight excluding hydrogens is 1430 g/mol. The van der Waals surface area contributed by atoms with E-state index >= 15 is 0 Å². The molecule has 6 aromatic rings. The van der Waals surface area contributed by atoms with Crippen LogP contribution in [0.25, 0.3) is 0 Å². The van der Waals surface area contributed by atoms with E-state index in [9.17, 15) is 77.8 Å². The van der Waals surface area contributed by atoms with E-state index in [4.69, 9.17) is 28.4 Å². The smallest absolute Gasteiger partial charge is 0.744 e. The molecular formula is C60H66Na6O24S6. The maximum atomic E-state index is 13.3. The molecule has 0 aromatic heterocycles. The SMILES string of the molecule is CCCOc1c2cc(S(=O)(=O)[O-])cc1Cc1cc(S(=O)(=O)[O-])cc(c1OCCC)Cc1cc(S(=O)(=O)[O-])cc(c1OCCC)Cc1cc(S(=O)(=O)[O-])cc(c1OCCC)Cc1cc(S(=O)(=O)[O-])cc(c1OCCC)Cc1cc(S(=O)(=O)[O-])cc(c1OCCC)C2.[Na+].[Na+].[Na+].[Na+].[Na+].[Na+]. The first-order valence-electron chi connectivity index (χ1n) is 28.6. The Morgan fingerprint density at radius 2 is 0.323 bits per heavy atom. The van der Waals surface area contributed by atoms with Crippen LogP contribution in [0.15, 0.2) is 102 Å². The van der Waals surface area contributed by atoms with Crippen LogP contribution in [-0.2, 0) is 99.2 Å². The molecule has 0 amide bonds. The van der Waals surface area contributed by atoms with E-state index in [-0.39, 0.29) is 318 Å². The van der Waals surface area contributed by atoms with Crippen molar-refractivity contribution >= 4 is 60.7 Å². The summed E-state index contributed by atoms with van der Waals surface area (Å²) in [5.74, 6) is -0.942. The van der Waals surface area contributed by atoms with E-state index in [1.54, 1.807) is 41.5 Å². The number of ether oxygens (including phenoxy) is 6. The van der Waals surface area contributed by atoms with E-state index in [0.717, 1.165) is 72.8 Å². The van der Waals surface area contributed by atoms with Crippen molar-refractivity contribution in [2.45, 2.75) is 148 Å². The average molecular weight is 1500 g/mol. The van der Waals surface area contributed by atoms with Gasteiger partial charge in [-0.1, -0.05) is 41.5 Å². The molecule has 0 saturated carbocycles. The first-order valence-corrected chi connectivity index (χ1v) is 37.0. The number of hydrogen-bond donors (Lipinski definition) is 0. The van der Waals surface area contributed by atoms with Crippen LogP contribution in [0.2, 0.25) is 0 Å². The molecule has 492 valence electrons. The zero-order valence-corrected chi connectivity index (χ0v) is 72.8. The summed E-state index contributed by atoms with van der Waals surface area (Å²) in [5.41, 5.74) is -1.85. The van der Waals surface area contributed by atoms with E-state index in [0.29, 0.717) is 38.5 Å². The number of benzene rings is 6. The molecule has 96 heavy (non-hydrogen) atoms. The van der Waals surface area contributed by atoms with Crippen LogP contribution in [0.1, 0.15) is 147 Å². The summed E-state index contributed by atoms with van der Waals surface area (Å²) in [6, 6.07) is 11.3. The van der Waals surface area contributed by atoms with Gasteiger partial charge in [0, 0.05) is 105 Å². The van der Waals surface area contributed by atoms with Gasteiger partial charge in [0.15, 0.2) is 0 Å². The molecule has 7 rings (SSSR count). The van der Waals surface area contributed by atoms with Crippen LogP contribution in [0.4, 0.5) is 0 Å². The van der Waals surface area contributed by atoms with Crippen LogP contribution >= 0.6 is 0 Å². The van der Waals surface area contributed by atoms with Crippen LogP contribution in [0.5, 0.6) is 34.5 Å². The van der Waals surface area contributed by atoms with Gasteiger partial charge in [0.05, 0.1) is 69.0 Å². The Labute approximate surface area is 695 Å². The fourth-order valence-corrected chi connectivity index (χ4v) is 13.8. The maximum Gasteiger partial charge on any atom is 1.00 e. The summed E-state index contributed by atoms with van der Waals surface area (Å²) in [7, 11) is -32.8. The Hall–Kier alpha value is -0.420. The van der Waals surface area contributed by atoms with Crippen molar-refractivity contribution in [2.24, 2.45) is 0 Å². The van der Waals surface area contributed by atoms with Gasteiger partial charge >= 0.3 is 177 Å². The Kier molecular flexibility index (Phi) is 39.2. The molecule has 0 spiro atoms. The molecule has 6 aromatic carbocycles. The van der Waals surface area contributed by atoms with E-state index in [1.807, 2.05) is 0 Å². The maximum absolute atomic E-state index is 13.3. The molecule has 0 unspecified atom stereocenters. The predicted molar refractivity (Wildman–Crippen MR) is 318 cm³/mol. The van der Waals surface area contributed by atoms with Gasteiger partial charge in [-0.2, -0.15) is 0 Å². The van der Waals surface area contributed by atoms with Crippen LogP contribution in [-0.4, -0.2) is 117 Å². The molecule has 0 saturated heterocycles. The van der Waals surface area contributed by atoms with Crippen LogP contribution in [0, 0.1) is 0 Å². The Bertz CT molecular complexity index is 3560. The zero-order valence-electron chi connectivity index (χ0n) is 55.9.